The van der Waals surface area contributed by atoms with Gasteiger partial charge in [-0.2, -0.15) is 0 Å². The lowest BCUT2D eigenvalue weighted by Crippen LogP contribution is -2.22. The van der Waals surface area contributed by atoms with Gasteiger partial charge in [-0.3, -0.25) is 4.57 Å². The lowest BCUT2D eigenvalue weighted by Gasteiger charge is -2.16. The predicted octanol–water partition coefficient (Wildman–Crippen LogP) is 0.743. The Morgan fingerprint density at radius 3 is 2.31 bits per heavy atom. The van der Waals surface area contributed by atoms with E-state index in [0.29, 0.717) is 5.75 Å². The molecular formula is C10H16NO4P. The molecule has 0 bridgehead atoms. The first kappa shape index (κ1) is 13.2. The van der Waals surface area contributed by atoms with Gasteiger partial charge in [0.15, 0.2) is 0 Å². The fourth-order valence-electron chi connectivity index (χ4n) is 1.37. The number of methoxy groups -OCH3 is 1. The highest BCUT2D eigenvalue weighted by molar-refractivity contribution is 7.52. The minimum Gasteiger partial charge on any atom is -0.497 e. The molecule has 1 unspecified atom stereocenters. The standard InChI is InChI=1S/C10H16NO4P/c1-15-9-4-2-8(3-5-9)6-10(7-11)16(12,13)14/h2-5,10H,6-7,11H2,1H3,(H2,12,13,14). The number of hydrogen-bond donors (Lipinski definition) is 3. The van der Waals surface area contributed by atoms with Crippen LogP contribution in [0.1, 0.15) is 5.56 Å². The molecular weight excluding hydrogens is 229 g/mol. The molecule has 6 heteroatoms. The first-order valence-corrected chi connectivity index (χ1v) is 6.53. The zero-order valence-electron chi connectivity index (χ0n) is 9.04. The number of ether oxygens (including phenoxy) is 1. The highest BCUT2D eigenvalue weighted by atomic mass is 31.2. The van der Waals surface area contributed by atoms with Gasteiger partial charge in [0.1, 0.15) is 5.75 Å². The van der Waals surface area contributed by atoms with E-state index in [0.717, 1.165) is 5.56 Å². The molecule has 0 aromatic heterocycles. The molecule has 0 heterocycles. The summed E-state index contributed by atoms with van der Waals surface area (Å²) < 4.78 is 16.1. The molecule has 16 heavy (non-hydrogen) atoms. The number of rotatable bonds is 5. The molecule has 1 rings (SSSR count). The average molecular weight is 245 g/mol. The zero-order chi connectivity index (χ0) is 12.2. The number of nitrogens with two attached hydrogens (primary N) is 1. The minimum atomic E-state index is -4.12. The Bertz CT molecular complexity index is 373. The van der Waals surface area contributed by atoms with Crippen LogP contribution in [0.4, 0.5) is 0 Å². The summed E-state index contributed by atoms with van der Waals surface area (Å²) in [6, 6.07) is 7.06. The third kappa shape index (κ3) is 3.61. The summed E-state index contributed by atoms with van der Waals surface area (Å²) in [7, 11) is -2.55. The zero-order valence-corrected chi connectivity index (χ0v) is 9.93. The van der Waals surface area contributed by atoms with E-state index in [-0.39, 0.29) is 13.0 Å². The summed E-state index contributed by atoms with van der Waals surface area (Å²) in [5, 5.41) is 0. The van der Waals surface area contributed by atoms with Crippen molar-refractivity contribution in [3.05, 3.63) is 29.8 Å². The summed E-state index contributed by atoms with van der Waals surface area (Å²) in [5.74, 6) is 0.712. The van der Waals surface area contributed by atoms with E-state index < -0.39 is 13.3 Å². The van der Waals surface area contributed by atoms with Crippen LogP contribution in [0.25, 0.3) is 0 Å². The Hall–Kier alpha value is -0.870. The van der Waals surface area contributed by atoms with Crippen molar-refractivity contribution in [1.29, 1.82) is 0 Å². The van der Waals surface area contributed by atoms with Crippen molar-refractivity contribution < 1.29 is 19.1 Å². The normalized spacial score (nSPS) is 13.5. The molecule has 0 aliphatic carbocycles. The number of benzene rings is 1. The van der Waals surface area contributed by atoms with E-state index in [9.17, 15) is 4.57 Å². The van der Waals surface area contributed by atoms with E-state index in [2.05, 4.69) is 0 Å². The molecule has 4 N–H and O–H groups in total. The van der Waals surface area contributed by atoms with Gasteiger partial charge in [-0.25, -0.2) is 0 Å². The van der Waals surface area contributed by atoms with Gasteiger partial charge in [-0.1, -0.05) is 12.1 Å². The van der Waals surface area contributed by atoms with E-state index >= 15 is 0 Å². The summed E-state index contributed by atoms with van der Waals surface area (Å²) in [4.78, 5) is 18.1. The Balaban J connectivity index is 2.75. The lowest BCUT2D eigenvalue weighted by molar-refractivity contribution is 0.357. The second-order valence-corrected chi connectivity index (χ2v) is 5.44. The first-order chi connectivity index (χ1) is 7.47. The molecule has 0 spiro atoms. The Morgan fingerprint density at radius 1 is 1.38 bits per heavy atom. The molecule has 0 amide bonds. The van der Waals surface area contributed by atoms with E-state index in [4.69, 9.17) is 20.3 Å². The largest absolute Gasteiger partial charge is 0.497 e. The van der Waals surface area contributed by atoms with Crippen LogP contribution in [0, 0.1) is 0 Å². The average Bonchev–Trinajstić information content (AvgIpc) is 2.25. The highest BCUT2D eigenvalue weighted by Gasteiger charge is 2.27. The molecule has 1 aromatic rings. The molecule has 1 aromatic carbocycles. The van der Waals surface area contributed by atoms with Crippen LogP contribution in [-0.4, -0.2) is 29.1 Å². The fraction of sp³-hybridized carbons (Fsp3) is 0.400. The van der Waals surface area contributed by atoms with Crippen molar-refractivity contribution in [3.63, 3.8) is 0 Å². The molecule has 0 aliphatic heterocycles. The molecule has 90 valence electrons. The summed E-state index contributed by atoms with van der Waals surface area (Å²) in [5.41, 5.74) is 5.36. The molecule has 0 aliphatic rings. The van der Waals surface area contributed by atoms with E-state index in [1.54, 1.807) is 31.4 Å². The van der Waals surface area contributed by atoms with Crippen molar-refractivity contribution in [3.8, 4) is 5.75 Å². The van der Waals surface area contributed by atoms with Crippen molar-refractivity contribution in [2.45, 2.75) is 12.1 Å². The van der Waals surface area contributed by atoms with Gasteiger partial charge in [-0.15, -0.1) is 0 Å². The van der Waals surface area contributed by atoms with Crippen LogP contribution in [0.2, 0.25) is 0 Å². The maximum atomic E-state index is 11.1. The minimum absolute atomic E-state index is 0.0314. The van der Waals surface area contributed by atoms with E-state index in [1.807, 2.05) is 0 Å². The van der Waals surface area contributed by atoms with Crippen LogP contribution >= 0.6 is 7.60 Å². The van der Waals surface area contributed by atoms with Gasteiger partial charge < -0.3 is 20.3 Å². The first-order valence-electron chi connectivity index (χ1n) is 4.85. The highest BCUT2D eigenvalue weighted by Crippen LogP contribution is 2.42. The van der Waals surface area contributed by atoms with Crippen LogP contribution in [0.5, 0.6) is 5.75 Å². The number of hydrogen-bond acceptors (Lipinski definition) is 3. The second-order valence-electron chi connectivity index (χ2n) is 3.53. The van der Waals surface area contributed by atoms with Gasteiger partial charge >= 0.3 is 7.60 Å². The van der Waals surface area contributed by atoms with Gasteiger partial charge in [0, 0.05) is 6.54 Å². The van der Waals surface area contributed by atoms with Crippen molar-refractivity contribution in [2.75, 3.05) is 13.7 Å². The Morgan fingerprint density at radius 2 is 1.94 bits per heavy atom. The maximum absolute atomic E-state index is 11.1. The van der Waals surface area contributed by atoms with Gasteiger partial charge in [0.2, 0.25) is 0 Å². The van der Waals surface area contributed by atoms with Crippen LogP contribution in [-0.2, 0) is 11.0 Å². The van der Waals surface area contributed by atoms with Crippen molar-refractivity contribution >= 4 is 7.60 Å². The van der Waals surface area contributed by atoms with Crippen LogP contribution < -0.4 is 10.5 Å². The van der Waals surface area contributed by atoms with E-state index in [1.165, 1.54) is 0 Å². The third-order valence-electron chi connectivity index (χ3n) is 2.38. The monoisotopic (exact) mass is 245 g/mol. The Kier molecular flexibility index (Phi) is 4.50. The lowest BCUT2D eigenvalue weighted by atomic mass is 10.1. The topological polar surface area (TPSA) is 92.8 Å². The predicted molar refractivity (Wildman–Crippen MR) is 61.6 cm³/mol. The fourth-order valence-corrected chi connectivity index (χ4v) is 2.10. The molecule has 1 atom stereocenters. The summed E-state index contributed by atoms with van der Waals surface area (Å²) in [6.45, 7) is -0.0314. The smallest absolute Gasteiger partial charge is 0.330 e. The van der Waals surface area contributed by atoms with Crippen LogP contribution in [0.15, 0.2) is 24.3 Å². The summed E-state index contributed by atoms with van der Waals surface area (Å²) >= 11 is 0. The molecule has 0 radical (unpaired) electrons. The second kappa shape index (κ2) is 5.46. The van der Waals surface area contributed by atoms with Crippen molar-refractivity contribution in [2.24, 2.45) is 5.73 Å². The third-order valence-corrected chi connectivity index (χ3v) is 3.72. The molecule has 0 fully saturated rings. The van der Waals surface area contributed by atoms with Crippen LogP contribution in [0.3, 0.4) is 0 Å². The quantitative estimate of drug-likeness (QED) is 0.665. The molecule has 5 nitrogen and oxygen atoms in total. The molecule has 0 saturated heterocycles. The summed E-state index contributed by atoms with van der Waals surface area (Å²) in [6.07, 6.45) is 0.269. The Labute approximate surface area is 94.4 Å². The van der Waals surface area contributed by atoms with Gasteiger partial charge in [-0.05, 0) is 24.1 Å². The van der Waals surface area contributed by atoms with Gasteiger partial charge in [0.05, 0.1) is 12.8 Å². The SMILES string of the molecule is COc1ccc(CC(CN)P(=O)(O)O)cc1. The maximum Gasteiger partial charge on any atom is 0.330 e. The van der Waals surface area contributed by atoms with Crippen molar-refractivity contribution in [1.82, 2.24) is 0 Å². The van der Waals surface area contributed by atoms with Gasteiger partial charge in [0.25, 0.3) is 0 Å². The molecule has 0 saturated carbocycles.